The van der Waals surface area contributed by atoms with Crippen LogP contribution in [-0.2, 0) is 0 Å². The molecule has 0 heterocycles. The molecule has 0 atom stereocenters. The first-order valence-electron chi connectivity index (χ1n) is 5.42. The van der Waals surface area contributed by atoms with Crippen molar-refractivity contribution in [3.63, 3.8) is 0 Å². The predicted molar refractivity (Wildman–Crippen MR) is 61.7 cm³/mol. The van der Waals surface area contributed by atoms with Crippen LogP contribution in [0.15, 0.2) is 18.2 Å². The molecule has 1 aromatic carbocycles. The van der Waals surface area contributed by atoms with Crippen molar-refractivity contribution in [1.82, 2.24) is 5.32 Å². The minimum Gasteiger partial charge on any atom is -0.492 e. The summed E-state index contributed by atoms with van der Waals surface area (Å²) in [6.07, 6.45) is 1.03. The average Bonchev–Trinajstić information content (AvgIpc) is 2.28. The Balaban J connectivity index is 2.45. The molecule has 0 aliphatic heterocycles. The first-order valence-corrected chi connectivity index (χ1v) is 5.42. The SMILES string of the molecule is CCCNCCOc1ccc([N+](=O)[O-])c(F)c1. The molecule has 0 radical (unpaired) electrons. The van der Waals surface area contributed by atoms with Crippen molar-refractivity contribution in [3.8, 4) is 5.75 Å². The number of halogens is 1. The summed E-state index contributed by atoms with van der Waals surface area (Å²) in [5, 5.41) is 13.5. The molecule has 94 valence electrons. The van der Waals surface area contributed by atoms with E-state index in [1.807, 2.05) is 0 Å². The molecular formula is C11H15FN2O3. The van der Waals surface area contributed by atoms with Crippen molar-refractivity contribution >= 4 is 5.69 Å². The van der Waals surface area contributed by atoms with Gasteiger partial charge in [-0.1, -0.05) is 6.92 Å². The largest absolute Gasteiger partial charge is 0.492 e. The highest BCUT2D eigenvalue weighted by atomic mass is 19.1. The van der Waals surface area contributed by atoms with Crippen LogP contribution in [0.1, 0.15) is 13.3 Å². The van der Waals surface area contributed by atoms with E-state index in [0.717, 1.165) is 25.1 Å². The van der Waals surface area contributed by atoms with Gasteiger partial charge in [0.1, 0.15) is 12.4 Å². The lowest BCUT2D eigenvalue weighted by Crippen LogP contribution is -2.21. The normalized spacial score (nSPS) is 10.2. The number of benzene rings is 1. The highest BCUT2D eigenvalue weighted by Gasteiger charge is 2.13. The Morgan fingerprint density at radius 2 is 2.24 bits per heavy atom. The van der Waals surface area contributed by atoms with Crippen molar-refractivity contribution in [1.29, 1.82) is 0 Å². The van der Waals surface area contributed by atoms with E-state index in [0.29, 0.717) is 18.9 Å². The average molecular weight is 242 g/mol. The van der Waals surface area contributed by atoms with Gasteiger partial charge in [0.2, 0.25) is 5.82 Å². The van der Waals surface area contributed by atoms with E-state index < -0.39 is 16.4 Å². The summed E-state index contributed by atoms with van der Waals surface area (Å²) >= 11 is 0. The van der Waals surface area contributed by atoms with E-state index >= 15 is 0 Å². The lowest BCUT2D eigenvalue weighted by atomic mass is 10.3. The second-order valence-corrected chi connectivity index (χ2v) is 3.47. The second kappa shape index (κ2) is 6.80. The molecule has 0 spiro atoms. The number of hydrogen-bond donors (Lipinski definition) is 1. The standard InChI is InChI=1S/C11H15FN2O3/c1-2-5-13-6-7-17-9-3-4-11(14(15)16)10(12)8-9/h3-4,8,13H,2,5-7H2,1H3. The van der Waals surface area contributed by atoms with Gasteiger partial charge in [0.05, 0.1) is 4.92 Å². The maximum atomic E-state index is 13.2. The maximum Gasteiger partial charge on any atom is 0.305 e. The quantitative estimate of drug-likeness (QED) is 0.452. The van der Waals surface area contributed by atoms with Gasteiger partial charge in [-0.3, -0.25) is 10.1 Å². The monoisotopic (exact) mass is 242 g/mol. The molecule has 0 amide bonds. The minimum absolute atomic E-state index is 0.298. The third-order valence-electron chi connectivity index (χ3n) is 2.09. The number of nitro groups is 1. The van der Waals surface area contributed by atoms with Crippen molar-refractivity contribution in [2.24, 2.45) is 0 Å². The lowest BCUT2D eigenvalue weighted by Gasteiger charge is -2.06. The van der Waals surface area contributed by atoms with Crippen molar-refractivity contribution in [2.75, 3.05) is 19.7 Å². The van der Waals surface area contributed by atoms with E-state index in [1.165, 1.54) is 6.07 Å². The number of ether oxygens (including phenoxy) is 1. The number of nitro benzene ring substituents is 1. The van der Waals surface area contributed by atoms with Crippen LogP contribution < -0.4 is 10.1 Å². The van der Waals surface area contributed by atoms with Crippen LogP contribution in [0.25, 0.3) is 0 Å². The van der Waals surface area contributed by atoms with Gasteiger partial charge in [-0.2, -0.15) is 4.39 Å². The second-order valence-electron chi connectivity index (χ2n) is 3.47. The molecule has 1 N–H and O–H groups in total. The van der Waals surface area contributed by atoms with Gasteiger partial charge in [0, 0.05) is 18.7 Å². The Labute approximate surface area is 98.7 Å². The van der Waals surface area contributed by atoms with Crippen LogP contribution in [0, 0.1) is 15.9 Å². The Morgan fingerprint density at radius 3 is 2.82 bits per heavy atom. The molecule has 1 aromatic rings. The highest BCUT2D eigenvalue weighted by Crippen LogP contribution is 2.22. The van der Waals surface area contributed by atoms with Crippen molar-refractivity contribution in [2.45, 2.75) is 13.3 Å². The summed E-state index contributed by atoms with van der Waals surface area (Å²) in [5.74, 6) is -0.583. The van der Waals surface area contributed by atoms with E-state index in [9.17, 15) is 14.5 Å². The summed E-state index contributed by atoms with van der Waals surface area (Å²) in [6.45, 7) is 4.02. The summed E-state index contributed by atoms with van der Waals surface area (Å²) in [4.78, 5) is 9.62. The molecule has 0 saturated carbocycles. The third-order valence-corrected chi connectivity index (χ3v) is 2.09. The van der Waals surface area contributed by atoms with E-state index in [1.54, 1.807) is 0 Å². The molecule has 0 aromatic heterocycles. The fraction of sp³-hybridized carbons (Fsp3) is 0.455. The van der Waals surface area contributed by atoms with E-state index in [4.69, 9.17) is 4.74 Å². The smallest absolute Gasteiger partial charge is 0.305 e. The fourth-order valence-electron chi connectivity index (χ4n) is 1.27. The van der Waals surface area contributed by atoms with Gasteiger partial charge >= 0.3 is 5.69 Å². The number of nitrogens with zero attached hydrogens (tertiary/aromatic N) is 1. The Bertz CT molecular complexity index is 385. The van der Waals surface area contributed by atoms with Gasteiger partial charge < -0.3 is 10.1 Å². The minimum atomic E-state index is -0.881. The molecule has 0 aliphatic carbocycles. The zero-order valence-corrected chi connectivity index (χ0v) is 9.61. The first kappa shape index (κ1) is 13.4. The molecule has 17 heavy (non-hydrogen) atoms. The number of nitrogens with one attached hydrogen (secondary N) is 1. The summed E-state index contributed by atoms with van der Waals surface area (Å²) in [6, 6.07) is 3.52. The van der Waals surface area contributed by atoms with Crippen LogP contribution in [0.2, 0.25) is 0 Å². The molecule has 0 bridgehead atoms. The fourth-order valence-corrected chi connectivity index (χ4v) is 1.27. The first-order chi connectivity index (χ1) is 8.15. The van der Waals surface area contributed by atoms with Gasteiger partial charge in [-0.05, 0) is 19.0 Å². The van der Waals surface area contributed by atoms with Crippen molar-refractivity contribution in [3.05, 3.63) is 34.1 Å². The maximum absolute atomic E-state index is 13.2. The van der Waals surface area contributed by atoms with Crippen LogP contribution in [0.4, 0.5) is 10.1 Å². The van der Waals surface area contributed by atoms with Crippen LogP contribution in [0.5, 0.6) is 5.75 Å². The molecular weight excluding hydrogens is 227 g/mol. The van der Waals surface area contributed by atoms with Crippen LogP contribution in [-0.4, -0.2) is 24.6 Å². The summed E-state index contributed by atoms with van der Waals surface area (Å²) < 4.78 is 18.4. The van der Waals surface area contributed by atoms with Gasteiger partial charge in [-0.15, -0.1) is 0 Å². The van der Waals surface area contributed by atoms with Crippen LogP contribution in [0.3, 0.4) is 0 Å². The lowest BCUT2D eigenvalue weighted by molar-refractivity contribution is -0.387. The van der Waals surface area contributed by atoms with Gasteiger partial charge in [0.15, 0.2) is 0 Å². The number of hydrogen-bond acceptors (Lipinski definition) is 4. The predicted octanol–water partition coefficient (Wildman–Crippen LogP) is 2.11. The van der Waals surface area contributed by atoms with Gasteiger partial charge in [-0.25, -0.2) is 0 Å². The van der Waals surface area contributed by atoms with Crippen molar-refractivity contribution < 1.29 is 14.1 Å². The molecule has 1 rings (SSSR count). The molecule has 5 nitrogen and oxygen atoms in total. The van der Waals surface area contributed by atoms with E-state index in [-0.39, 0.29) is 0 Å². The molecule has 0 aliphatic rings. The topological polar surface area (TPSA) is 64.4 Å². The van der Waals surface area contributed by atoms with Gasteiger partial charge in [0.25, 0.3) is 0 Å². The Morgan fingerprint density at radius 1 is 1.47 bits per heavy atom. The van der Waals surface area contributed by atoms with E-state index in [2.05, 4.69) is 12.2 Å². The summed E-state index contributed by atoms with van der Waals surface area (Å²) in [5.41, 5.74) is -0.540. The van der Waals surface area contributed by atoms with Crippen LogP contribution >= 0.6 is 0 Å². The Kier molecular flexibility index (Phi) is 5.35. The third kappa shape index (κ3) is 4.36. The molecule has 0 fully saturated rings. The zero-order valence-electron chi connectivity index (χ0n) is 9.61. The number of rotatable bonds is 7. The zero-order chi connectivity index (χ0) is 12.7. The summed E-state index contributed by atoms with van der Waals surface area (Å²) in [7, 11) is 0. The molecule has 0 unspecified atom stereocenters. The Hall–Kier alpha value is -1.69. The highest BCUT2D eigenvalue weighted by molar-refractivity contribution is 5.37. The molecule has 0 saturated heterocycles. The molecule has 6 heteroatoms.